The molecule has 1 aromatic carbocycles. The first kappa shape index (κ1) is 19.2. The lowest BCUT2D eigenvalue weighted by Gasteiger charge is -2.12. The van der Waals surface area contributed by atoms with Crippen molar-refractivity contribution in [3.05, 3.63) is 59.5 Å². The molecule has 0 aliphatic heterocycles. The minimum atomic E-state index is -4.59. The van der Waals surface area contributed by atoms with Gasteiger partial charge in [0.05, 0.1) is 6.42 Å². The van der Waals surface area contributed by atoms with E-state index in [1.165, 1.54) is 36.4 Å². The summed E-state index contributed by atoms with van der Waals surface area (Å²) >= 11 is 0. The van der Waals surface area contributed by atoms with E-state index in [1.54, 1.807) is 0 Å². The summed E-state index contributed by atoms with van der Waals surface area (Å²) in [4.78, 5) is 27.3. The van der Waals surface area contributed by atoms with Gasteiger partial charge >= 0.3 is 6.18 Å². The third-order valence-electron chi connectivity index (χ3n) is 2.98. The van der Waals surface area contributed by atoms with Crippen molar-refractivity contribution in [1.29, 1.82) is 0 Å². The van der Waals surface area contributed by atoms with E-state index in [0.29, 0.717) is 5.56 Å². The fraction of sp³-hybridized carbons (Fsp3) is 0.188. The minimum absolute atomic E-state index is 0.134. The number of carbonyl (C=O) groups is 2. The van der Waals surface area contributed by atoms with E-state index in [1.807, 2.05) is 0 Å². The van der Waals surface area contributed by atoms with Crippen molar-refractivity contribution < 1.29 is 31.9 Å². The van der Waals surface area contributed by atoms with Crippen molar-refractivity contribution >= 4 is 11.8 Å². The van der Waals surface area contributed by atoms with Crippen LogP contribution in [-0.2, 0) is 11.2 Å². The van der Waals surface area contributed by atoms with Crippen molar-refractivity contribution in [2.75, 3.05) is 6.61 Å². The first-order valence-electron chi connectivity index (χ1n) is 7.23. The van der Waals surface area contributed by atoms with Crippen LogP contribution in [-0.4, -0.2) is 29.6 Å². The Morgan fingerprint density at radius 2 is 1.77 bits per heavy atom. The first-order valence-corrected chi connectivity index (χ1v) is 7.23. The summed E-state index contributed by atoms with van der Waals surface area (Å²) in [6.07, 6.45) is -3.56. The summed E-state index contributed by atoms with van der Waals surface area (Å²) in [5.74, 6) is -2.48. The second kappa shape index (κ2) is 8.28. The average Bonchev–Trinajstić information content (AvgIpc) is 2.59. The molecule has 0 radical (unpaired) electrons. The first-order chi connectivity index (χ1) is 12.2. The van der Waals surface area contributed by atoms with E-state index < -0.39 is 36.3 Å². The zero-order valence-corrected chi connectivity index (χ0v) is 13.1. The molecular weight excluding hydrogens is 358 g/mol. The Balaban J connectivity index is 1.93. The van der Waals surface area contributed by atoms with Gasteiger partial charge in [-0.05, 0) is 29.8 Å². The van der Waals surface area contributed by atoms with Gasteiger partial charge in [0.2, 0.25) is 11.8 Å². The van der Waals surface area contributed by atoms with Crippen LogP contribution in [0.4, 0.5) is 17.6 Å². The number of nitrogens with zero attached hydrogens (tertiary/aromatic N) is 1. The Bertz CT molecular complexity index is 779. The summed E-state index contributed by atoms with van der Waals surface area (Å²) in [7, 11) is 0. The molecule has 6 nitrogen and oxygen atoms in total. The molecule has 2 N–H and O–H groups in total. The number of halogens is 4. The summed E-state index contributed by atoms with van der Waals surface area (Å²) < 4.78 is 54.0. The lowest BCUT2D eigenvalue weighted by atomic mass is 10.1. The van der Waals surface area contributed by atoms with Gasteiger partial charge in [0, 0.05) is 6.20 Å². The molecule has 10 heteroatoms. The molecule has 26 heavy (non-hydrogen) atoms. The number of hydrogen-bond acceptors (Lipinski definition) is 4. The predicted octanol–water partition coefficient (Wildman–Crippen LogP) is 2.17. The van der Waals surface area contributed by atoms with E-state index in [0.717, 1.165) is 6.20 Å². The number of pyridine rings is 1. The zero-order chi connectivity index (χ0) is 19.2. The van der Waals surface area contributed by atoms with Crippen LogP contribution >= 0.6 is 0 Å². The van der Waals surface area contributed by atoms with Crippen LogP contribution in [0.5, 0.6) is 5.88 Å². The molecule has 0 bridgehead atoms. The standard InChI is InChI=1S/C16H13F4N3O3/c17-11-5-3-10(4-6-11)8-13(24)22-23-14(25)12-2-1-7-21-15(12)26-9-16(18,19)20/h1-7H,8-9H2,(H,22,24)(H,23,25). The molecule has 0 saturated carbocycles. The molecule has 0 spiro atoms. The lowest BCUT2D eigenvalue weighted by molar-refractivity contribution is -0.154. The molecule has 2 amide bonds. The number of hydrogen-bond donors (Lipinski definition) is 2. The van der Waals surface area contributed by atoms with E-state index >= 15 is 0 Å². The van der Waals surface area contributed by atoms with Crippen LogP contribution in [0.2, 0.25) is 0 Å². The normalized spacial score (nSPS) is 10.9. The van der Waals surface area contributed by atoms with Crippen molar-refractivity contribution in [3.63, 3.8) is 0 Å². The summed E-state index contributed by atoms with van der Waals surface area (Å²) in [6.45, 7) is -1.61. The van der Waals surface area contributed by atoms with E-state index in [-0.39, 0.29) is 12.0 Å². The maximum absolute atomic E-state index is 12.8. The number of benzene rings is 1. The second-order valence-electron chi connectivity index (χ2n) is 5.07. The van der Waals surface area contributed by atoms with Crippen LogP contribution < -0.4 is 15.6 Å². The summed E-state index contributed by atoms with van der Waals surface area (Å²) in [5.41, 5.74) is 4.39. The smallest absolute Gasteiger partial charge is 0.422 e. The Labute approximate surface area is 145 Å². The number of aromatic nitrogens is 1. The fourth-order valence-electron chi connectivity index (χ4n) is 1.85. The monoisotopic (exact) mass is 371 g/mol. The van der Waals surface area contributed by atoms with Crippen molar-refractivity contribution in [1.82, 2.24) is 15.8 Å². The SMILES string of the molecule is O=C(Cc1ccc(F)cc1)NNC(=O)c1cccnc1OCC(F)(F)F. The number of ether oxygens (including phenoxy) is 1. The second-order valence-corrected chi connectivity index (χ2v) is 5.07. The largest absolute Gasteiger partial charge is 0.467 e. The number of alkyl halides is 3. The highest BCUT2D eigenvalue weighted by atomic mass is 19.4. The third-order valence-corrected chi connectivity index (χ3v) is 2.98. The van der Waals surface area contributed by atoms with Gasteiger partial charge in [0.25, 0.3) is 5.91 Å². The van der Waals surface area contributed by atoms with Gasteiger partial charge in [-0.3, -0.25) is 20.4 Å². The molecule has 2 rings (SSSR count). The molecule has 2 aromatic rings. The number of amides is 2. The topological polar surface area (TPSA) is 80.3 Å². The lowest BCUT2D eigenvalue weighted by Crippen LogP contribution is -2.42. The summed E-state index contributed by atoms with van der Waals surface area (Å²) in [6, 6.07) is 7.69. The van der Waals surface area contributed by atoms with E-state index in [2.05, 4.69) is 20.6 Å². The Morgan fingerprint density at radius 3 is 2.42 bits per heavy atom. The Kier molecular flexibility index (Phi) is 6.10. The van der Waals surface area contributed by atoms with Crippen LogP contribution in [0.15, 0.2) is 42.6 Å². The van der Waals surface area contributed by atoms with Gasteiger partial charge in [0.1, 0.15) is 11.4 Å². The Morgan fingerprint density at radius 1 is 1.08 bits per heavy atom. The molecule has 138 valence electrons. The number of carbonyl (C=O) groups excluding carboxylic acids is 2. The molecule has 1 heterocycles. The van der Waals surface area contributed by atoms with Gasteiger partial charge in [-0.25, -0.2) is 9.37 Å². The highest BCUT2D eigenvalue weighted by molar-refractivity contribution is 5.97. The van der Waals surface area contributed by atoms with Gasteiger partial charge in [-0.1, -0.05) is 12.1 Å². The quantitative estimate of drug-likeness (QED) is 0.624. The number of hydrazine groups is 1. The maximum atomic E-state index is 12.8. The molecule has 0 aliphatic rings. The molecule has 0 atom stereocenters. The van der Waals surface area contributed by atoms with Crippen LogP contribution in [0.1, 0.15) is 15.9 Å². The summed E-state index contributed by atoms with van der Waals surface area (Å²) in [5, 5.41) is 0. The molecule has 0 saturated heterocycles. The van der Waals surface area contributed by atoms with Gasteiger partial charge < -0.3 is 4.74 Å². The fourth-order valence-corrected chi connectivity index (χ4v) is 1.85. The van der Waals surface area contributed by atoms with Crippen LogP contribution in [0, 0.1) is 5.82 Å². The van der Waals surface area contributed by atoms with Crippen molar-refractivity contribution in [3.8, 4) is 5.88 Å². The molecular formula is C16H13F4N3O3. The molecule has 0 aliphatic carbocycles. The van der Waals surface area contributed by atoms with Crippen molar-refractivity contribution in [2.24, 2.45) is 0 Å². The van der Waals surface area contributed by atoms with Gasteiger partial charge in [-0.2, -0.15) is 13.2 Å². The van der Waals surface area contributed by atoms with Crippen molar-refractivity contribution in [2.45, 2.75) is 12.6 Å². The molecule has 1 aromatic heterocycles. The van der Waals surface area contributed by atoms with Crippen LogP contribution in [0.3, 0.4) is 0 Å². The minimum Gasteiger partial charge on any atom is -0.467 e. The number of nitrogens with one attached hydrogen (secondary N) is 2. The highest BCUT2D eigenvalue weighted by Gasteiger charge is 2.29. The maximum Gasteiger partial charge on any atom is 0.422 e. The van der Waals surface area contributed by atoms with E-state index in [4.69, 9.17) is 0 Å². The van der Waals surface area contributed by atoms with E-state index in [9.17, 15) is 27.2 Å². The zero-order valence-electron chi connectivity index (χ0n) is 13.1. The highest BCUT2D eigenvalue weighted by Crippen LogP contribution is 2.19. The average molecular weight is 371 g/mol. The third kappa shape index (κ3) is 6.04. The predicted molar refractivity (Wildman–Crippen MR) is 81.5 cm³/mol. The number of rotatable bonds is 5. The molecule has 0 fully saturated rings. The van der Waals surface area contributed by atoms with Gasteiger partial charge in [-0.15, -0.1) is 0 Å². The van der Waals surface area contributed by atoms with Gasteiger partial charge in [0.15, 0.2) is 6.61 Å². The molecule has 0 unspecified atom stereocenters. The van der Waals surface area contributed by atoms with Crippen LogP contribution in [0.25, 0.3) is 0 Å². The Hall–Kier alpha value is -3.17.